The summed E-state index contributed by atoms with van der Waals surface area (Å²) in [5.74, 6) is -1.61. The van der Waals surface area contributed by atoms with Gasteiger partial charge in [-0.1, -0.05) is 12.1 Å². The van der Waals surface area contributed by atoms with Crippen molar-refractivity contribution < 1.29 is 18.3 Å². The molecule has 3 nitrogen and oxygen atoms in total. The molecule has 1 saturated heterocycles. The van der Waals surface area contributed by atoms with Crippen molar-refractivity contribution in [1.29, 1.82) is 0 Å². The molecule has 0 aliphatic carbocycles. The van der Waals surface area contributed by atoms with Crippen molar-refractivity contribution in [2.75, 3.05) is 26.4 Å². The minimum absolute atomic E-state index is 0.0298. The number of hydrogen-bond acceptors (Lipinski definition) is 3. The summed E-state index contributed by atoms with van der Waals surface area (Å²) in [5.41, 5.74) is 0.326. The highest BCUT2D eigenvalue weighted by molar-refractivity contribution is 5.21. The van der Waals surface area contributed by atoms with E-state index in [1.165, 1.54) is 6.07 Å². The van der Waals surface area contributed by atoms with E-state index in [1.807, 2.05) is 0 Å². The van der Waals surface area contributed by atoms with Crippen LogP contribution in [-0.4, -0.2) is 32.5 Å². The van der Waals surface area contributed by atoms with Crippen LogP contribution in [0.2, 0.25) is 0 Å². The van der Waals surface area contributed by atoms with Gasteiger partial charge in [0.05, 0.1) is 25.9 Å². The van der Waals surface area contributed by atoms with Gasteiger partial charge in [0.1, 0.15) is 0 Å². The molecule has 2 unspecified atom stereocenters. The SMILES string of the molecule is CC(NCC1COCCO1)c1cccc(F)c1F. The summed E-state index contributed by atoms with van der Waals surface area (Å²) in [5, 5.41) is 3.12. The molecule has 1 aromatic carbocycles. The average molecular weight is 257 g/mol. The van der Waals surface area contributed by atoms with Crippen molar-refractivity contribution in [3.63, 3.8) is 0 Å². The van der Waals surface area contributed by atoms with Crippen LogP contribution in [-0.2, 0) is 9.47 Å². The molecule has 1 aromatic rings. The normalized spacial score (nSPS) is 21.8. The van der Waals surface area contributed by atoms with Gasteiger partial charge in [0, 0.05) is 18.2 Å². The van der Waals surface area contributed by atoms with Crippen molar-refractivity contribution in [2.24, 2.45) is 0 Å². The minimum Gasteiger partial charge on any atom is -0.376 e. The van der Waals surface area contributed by atoms with Crippen LogP contribution in [0.4, 0.5) is 8.78 Å². The van der Waals surface area contributed by atoms with Crippen molar-refractivity contribution in [1.82, 2.24) is 5.32 Å². The van der Waals surface area contributed by atoms with Gasteiger partial charge in [-0.15, -0.1) is 0 Å². The van der Waals surface area contributed by atoms with E-state index in [-0.39, 0.29) is 12.1 Å². The lowest BCUT2D eigenvalue weighted by molar-refractivity contribution is -0.0870. The number of ether oxygens (including phenoxy) is 2. The Labute approximate surface area is 105 Å². The molecule has 1 heterocycles. The number of rotatable bonds is 4. The molecule has 1 N–H and O–H groups in total. The first-order chi connectivity index (χ1) is 8.68. The van der Waals surface area contributed by atoms with Gasteiger partial charge < -0.3 is 14.8 Å². The highest BCUT2D eigenvalue weighted by atomic mass is 19.2. The quantitative estimate of drug-likeness (QED) is 0.895. The minimum atomic E-state index is -0.821. The number of nitrogens with one attached hydrogen (secondary N) is 1. The molecule has 2 atom stereocenters. The van der Waals surface area contributed by atoms with Gasteiger partial charge in [0.2, 0.25) is 0 Å². The molecule has 18 heavy (non-hydrogen) atoms. The molecule has 0 radical (unpaired) electrons. The standard InChI is InChI=1S/C13H17F2NO2/c1-9(11-3-2-4-12(14)13(11)15)16-7-10-8-17-5-6-18-10/h2-4,9-10,16H,5-8H2,1H3. The molecule has 0 amide bonds. The number of hydrogen-bond donors (Lipinski definition) is 1. The highest BCUT2D eigenvalue weighted by Crippen LogP contribution is 2.18. The van der Waals surface area contributed by atoms with E-state index in [2.05, 4.69) is 5.32 Å². The molecule has 1 fully saturated rings. The molecule has 1 aliphatic heterocycles. The lowest BCUT2D eigenvalue weighted by Gasteiger charge is -2.25. The second-order valence-corrected chi connectivity index (χ2v) is 4.34. The zero-order valence-corrected chi connectivity index (χ0v) is 10.3. The zero-order valence-electron chi connectivity index (χ0n) is 10.3. The Morgan fingerprint density at radius 2 is 2.22 bits per heavy atom. The van der Waals surface area contributed by atoms with Crippen LogP contribution in [0.15, 0.2) is 18.2 Å². The summed E-state index contributed by atoms with van der Waals surface area (Å²) in [7, 11) is 0. The van der Waals surface area contributed by atoms with E-state index in [0.717, 1.165) is 6.07 Å². The van der Waals surface area contributed by atoms with Crippen LogP contribution < -0.4 is 5.32 Å². The summed E-state index contributed by atoms with van der Waals surface area (Å²) in [4.78, 5) is 0. The molecular formula is C13H17F2NO2. The van der Waals surface area contributed by atoms with E-state index in [1.54, 1.807) is 13.0 Å². The van der Waals surface area contributed by atoms with Gasteiger partial charge in [0.15, 0.2) is 11.6 Å². The van der Waals surface area contributed by atoms with Gasteiger partial charge in [-0.25, -0.2) is 8.78 Å². The Balaban J connectivity index is 1.90. The second kappa shape index (κ2) is 6.22. The zero-order chi connectivity index (χ0) is 13.0. The van der Waals surface area contributed by atoms with E-state index in [4.69, 9.17) is 9.47 Å². The highest BCUT2D eigenvalue weighted by Gasteiger charge is 2.18. The van der Waals surface area contributed by atoms with Crippen LogP contribution in [0.3, 0.4) is 0 Å². The van der Waals surface area contributed by atoms with Gasteiger partial charge in [-0.05, 0) is 13.0 Å². The topological polar surface area (TPSA) is 30.5 Å². The lowest BCUT2D eigenvalue weighted by Crippen LogP contribution is -2.38. The van der Waals surface area contributed by atoms with Crippen LogP contribution in [0.1, 0.15) is 18.5 Å². The molecule has 100 valence electrons. The lowest BCUT2D eigenvalue weighted by atomic mass is 10.1. The fraction of sp³-hybridized carbons (Fsp3) is 0.538. The fourth-order valence-corrected chi connectivity index (χ4v) is 1.93. The van der Waals surface area contributed by atoms with Crippen molar-refractivity contribution in [3.8, 4) is 0 Å². The molecule has 0 aromatic heterocycles. The maximum absolute atomic E-state index is 13.5. The third-order valence-electron chi connectivity index (χ3n) is 2.98. The number of benzene rings is 1. The average Bonchev–Trinajstić information content (AvgIpc) is 2.40. The fourth-order valence-electron chi connectivity index (χ4n) is 1.93. The van der Waals surface area contributed by atoms with Crippen molar-refractivity contribution >= 4 is 0 Å². The van der Waals surface area contributed by atoms with E-state index >= 15 is 0 Å². The second-order valence-electron chi connectivity index (χ2n) is 4.34. The maximum Gasteiger partial charge on any atom is 0.163 e. The predicted octanol–water partition coefficient (Wildman–Crippen LogP) is 2.03. The Morgan fingerprint density at radius 1 is 1.39 bits per heavy atom. The summed E-state index contributed by atoms with van der Waals surface area (Å²) in [6.07, 6.45) is -0.0298. The molecule has 0 bridgehead atoms. The van der Waals surface area contributed by atoms with Gasteiger partial charge >= 0.3 is 0 Å². The van der Waals surface area contributed by atoms with Gasteiger partial charge in [0.25, 0.3) is 0 Å². The summed E-state index contributed by atoms with van der Waals surface area (Å²) in [6.45, 7) is 4.07. The van der Waals surface area contributed by atoms with Crippen LogP contribution in [0.25, 0.3) is 0 Å². The predicted molar refractivity (Wildman–Crippen MR) is 63.3 cm³/mol. The largest absolute Gasteiger partial charge is 0.376 e. The molecule has 1 aliphatic rings. The van der Waals surface area contributed by atoms with Crippen LogP contribution in [0.5, 0.6) is 0 Å². The van der Waals surface area contributed by atoms with Gasteiger partial charge in [-0.2, -0.15) is 0 Å². The summed E-state index contributed by atoms with van der Waals surface area (Å²) < 4.78 is 37.4. The van der Waals surface area contributed by atoms with E-state index < -0.39 is 11.6 Å². The first-order valence-corrected chi connectivity index (χ1v) is 6.05. The molecule has 2 rings (SSSR count). The van der Waals surface area contributed by atoms with Gasteiger partial charge in [-0.3, -0.25) is 0 Å². The summed E-state index contributed by atoms with van der Waals surface area (Å²) >= 11 is 0. The molecule has 0 spiro atoms. The van der Waals surface area contributed by atoms with Crippen molar-refractivity contribution in [3.05, 3.63) is 35.4 Å². The Kier molecular flexibility index (Phi) is 4.63. The Morgan fingerprint density at radius 3 is 2.94 bits per heavy atom. The molecule has 5 heteroatoms. The molecular weight excluding hydrogens is 240 g/mol. The van der Waals surface area contributed by atoms with Crippen LogP contribution >= 0.6 is 0 Å². The van der Waals surface area contributed by atoms with E-state index in [0.29, 0.717) is 31.9 Å². The summed E-state index contributed by atoms with van der Waals surface area (Å²) in [6, 6.07) is 3.93. The number of halogens is 2. The first-order valence-electron chi connectivity index (χ1n) is 6.05. The Bertz CT molecular complexity index is 395. The van der Waals surface area contributed by atoms with Crippen molar-refractivity contribution in [2.45, 2.75) is 19.1 Å². The monoisotopic (exact) mass is 257 g/mol. The smallest absolute Gasteiger partial charge is 0.163 e. The maximum atomic E-state index is 13.5. The first kappa shape index (κ1) is 13.4. The molecule has 0 saturated carbocycles. The third kappa shape index (κ3) is 3.25. The third-order valence-corrected chi connectivity index (χ3v) is 2.98. The van der Waals surface area contributed by atoms with Crippen LogP contribution in [0, 0.1) is 11.6 Å². The van der Waals surface area contributed by atoms with E-state index in [9.17, 15) is 8.78 Å². The Hall–Kier alpha value is -1.04.